The second kappa shape index (κ2) is 22.9. The van der Waals surface area contributed by atoms with Crippen LogP contribution in [0.25, 0.3) is 0 Å². The van der Waals surface area contributed by atoms with E-state index in [1.807, 2.05) is 0 Å². The number of carbonyl (C=O) groups is 4. The summed E-state index contributed by atoms with van der Waals surface area (Å²) in [5.74, 6) is -8.74. The molecular formula is C4K2O10U. The summed E-state index contributed by atoms with van der Waals surface area (Å²) < 4.78 is 17.2. The number of hydrogen-bond donors (Lipinski definition) is 0. The Labute approximate surface area is 194 Å². The normalized spacial score (nSPS) is 5.65. The Bertz CT molecular complexity index is 247. The van der Waals surface area contributed by atoms with Crippen LogP contribution in [0.2, 0.25) is 0 Å². The van der Waals surface area contributed by atoms with E-state index in [-0.39, 0.29) is 103 Å². The summed E-state index contributed by atoms with van der Waals surface area (Å²) in [6.45, 7) is 0. The molecule has 0 fully saturated rings. The summed E-state index contributed by atoms with van der Waals surface area (Å²) in [6.07, 6.45) is 0. The van der Waals surface area contributed by atoms with Crippen molar-refractivity contribution in [3.63, 3.8) is 0 Å². The molecule has 0 saturated carbocycles. The molecule has 0 amide bonds. The predicted molar refractivity (Wildman–Crippen MR) is 21.4 cm³/mol. The van der Waals surface area contributed by atoms with Gasteiger partial charge in [0, 0.05) is 0 Å². The average molecular weight is 524 g/mol. The molecule has 0 aromatic rings. The summed E-state index contributed by atoms with van der Waals surface area (Å²) >= 11 is -2.51. The van der Waals surface area contributed by atoms with Crippen LogP contribution < -0.4 is 123 Å². The van der Waals surface area contributed by atoms with E-state index in [2.05, 4.69) is 0 Å². The molecule has 17 heavy (non-hydrogen) atoms. The Hall–Kier alpha value is 1.80. The van der Waals surface area contributed by atoms with E-state index in [9.17, 15) is 0 Å². The Balaban J connectivity index is -0.0000000421. The van der Waals surface area contributed by atoms with Gasteiger partial charge in [-0.25, -0.2) is 0 Å². The zero-order valence-electron chi connectivity index (χ0n) is 8.58. The molecule has 0 aliphatic heterocycles. The van der Waals surface area contributed by atoms with E-state index in [4.69, 9.17) is 44.1 Å². The Kier molecular flexibility index (Phi) is 42.2. The molecule has 0 aliphatic carbocycles. The van der Waals surface area contributed by atoms with Gasteiger partial charge in [0.05, 0.1) is 23.9 Å². The molecule has 0 spiro atoms. The number of hydrogen-bond acceptors (Lipinski definition) is 10. The van der Waals surface area contributed by atoms with Gasteiger partial charge in [0.2, 0.25) is 0 Å². The van der Waals surface area contributed by atoms with Gasteiger partial charge in [-0.05, 0) is 0 Å². The van der Waals surface area contributed by atoms with Crippen LogP contribution in [0, 0.1) is 27.8 Å². The van der Waals surface area contributed by atoms with Crippen molar-refractivity contribution in [2.24, 2.45) is 0 Å². The van der Waals surface area contributed by atoms with Gasteiger partial charge in [-0.2, -0.15) is 0 Å². The van der Waals surface area contributed by atoms with Gasteiger partial charge >= 0.3 is 135 Å². The van der Waals surface area contributed by atoms with Gasteiger partial charge in [0.1, 0.15) is 0 Å². The van der Waals surface area contributed by atoms with Crippen LogP contribution in [-0.4, -0.2) is 23.9 Å². The van der Waals surface area contributed by atoms with Gasteiger partial charge in [0.15, 0.2) is 0 Å². The third-order valence-electron chi connectivity index (χ3n) is 0.333. The third kappa shape index (κ3) is 46.3. The van der Waals surface area contributed by atoms with Crippen molar-refractivity contribution in [3.8, 4) is 0 Å². The molecule has 0 unspecified atom stereocenters. The van der Waals surface area contributed by atoms with E-state index >= 15 is 0 Å². The van der Waals surface area contributed by atoms with Crippen molar-refractivity contribution < 1.29 is 175 Å². The predicted octanol–water partition coefficient (Wildman–Crippen LogP) is -13.3. The Morgan fingerprint density at radius 1 is 0.588 bits per heavy atom. The van der Waals surface area contributed by atoms with Crippen LogP contribution in [0.5, 0.6) is 0 Å². The summed E-state index contributed by atoms with van der Waals surface area (Å²) in [5.41, 5.74) is 0. The van der Waals surface area contributed by atoms with Crippen molar-refractivity contribution in [1.29, 1.82) is 0 Å². The number of carboxylic acid groups (broad SMARTS) is 4. The SMILES string of the molecule is O=C([O-])C(=O)[O-].O=C([O-])C(=O)[O-].[K+].[K+].[O]=[U+2]=[O]. The van der Waals surface area contributed by atoms with Crippen LogP contribution in [0.1, 0.15) is 0 Å². The number of rotatable bonds is 0. The van der Waals surface area contributed by atoms with Gasteiger partial charge in [-0.15, -0.1) is 0 Å². The summed E-state index contributed by atoms with van der Waals surface area (Å²) in [6, 6.07) is 0. The van der Waals surface area contributed by atoms with Gasteiger partial charge < -0.3 is 39.6 Å². The van der Waals surface area contributed by atoms with E-state index in [1.54, 1.807) is 0 Å². The van der Waals surface area contributed by atoms with E-state index in [0.29, 0.717) is 0 Å². The summed E-state index contributed by atoms with van der Waals surface area (Å²) in [4.78, 5) is 35.7. The molecule has 0 aromatic heterocycles. The van der Waals surface area contributed by atoms with Crippen molar-refractivity contribution in [2.75, 3.05) is 0 Å². The minimum absolute atomic E-state index is 0. The summed E-state index contributed by atoms with van der Waals surface area (Å²) in [7, 11) is 0. The van der Waals surface area contributed by atoms with Crippen molar-refractivity contribution in [1.82, 2.24) is 0 Å². The second-order valence-electron chi connectivity index (χ2n) is 1.23. The summed E-state index contributed by atoms with van der Waals surface area (Å²) in [5, 5.41) is 35.7. The first-order valence-corrected chi connectivity index (χ1v) is 5.94. The molecule has 0 N–H and O–H groups in total. The molecule has 82 valence electrons. The maximum absolute atomic E-state index is 8.93. The Morgan fingerprint density at radius 2 is 0.647 bits per heavy atom. The van der Waals surface area contributed by atoms with Gasteiger partial charge in [-0.1, -0.05) is 0 Å². The average Bonchev–Trinajstić information content (AvgIpc) is 2.06. The molecule has 0 heterocycles. The van der Waals surface area contributed by atoms with Crippen molar-refractivity contribution >= 4 is 23.9 Å². The first-order valence-electron chi connectivity index (χ1n) is 2.54. The zero-order chi connectivity index (χ0) is 13.0. The molecule has 0 aliphatic rings. The fourth-order valence-electron chi connectivity index (χ4n) is 0. The number of carboxylic acids is 4. The minimum atomic E-state index is -2.51. The molecule has 0 saturated heterocycles. The van der Waals surface area contributed by atoms with Crippen LogP contribution in [0.3, 0.4) is 0 Å². The van der Waals surface area contributed by atoms with E-state index < -0.39 is 51.7 Å². The van der Waals surface area contributed by atoms with Crippen LogP contribution >= 0.6 is 0 Å². The van der Waals surface area contributed by atoms with Crippen molar-refractivity contribution in [2.45, 2.75) is 0 Å². The standard InChI is InChI=1S/2C2H2O4.2K.2O.U/c2*3-1(4)2(5)6;;;;;/h2*(H,3,4)(H,5,6);;;;;/q;;2*+1;;;+2/p-4. The van der Waals surface area contributed by atoms with Crippen LogP contribution in [0.4, 0.5) is 0 Å². The van der Waals surface area contributed by atoms with Crippen molar-refractivity contribution in [3.05, 3.63) is 0 Å². The first kappa shape index (κ1) is 31.3. The monoisotopic (exact) mass is 524 g/mol. The molecular weight excluding hydrogens is 524 g/mol. The molecule has 0 atom stereocenters. The second-order valence-corrected chi connectivity index (χ2v) is 1.93. The molecule has 10 nitrogen and oxygen atoms in total. The molecule has 0 radical (unpaired) electrons. The van der Waals surface area contributed by atoms with Gasteiger partial charge in [-0.3, -0.25) is 0 Å². The fraction of sp³-hybridized carbons (Fsp3) is 0. The Morgan fingerprint density at radius 3 is 0.647 bits per heavy atom. The van der Waals surface area contributed by atoms with E-state index in [1.165, 1.54) is 0 Å². The topological polar surface area (TPSA) is 195 Å². The number of aliphatic carboxylic acids is 4. The van der Waals surface area contributed by atoms with Gasteiger partial charge in [0.25, 0.3) is 0 Å². The zero-order valence-corrected chi connectivity index (χ0v) is 19.0. The van der Waals surface area contributed by atoms with Crippen LogP contribution in [-0.2, 0) is 23.6 Å². The molecule has 0 bridgehead atoms. The number of carbonyl (C=O) groups excluding carboxylic acids is 4. The molecule has 13 heteroatoms. The molecule has 0 aromatic carbocycles. The van der Waals surface area contributed by atoms with E-state index in [0.717, 1.165) is 0 Å². The molecule has 0 rings (SSSR count). The quantitative estimate of drug-likeness (QED) is 0.217. The fourth-order valence-corrected chi connectivity index (χ4v) is 0. The van der Waals surface area contributed by atoms with Crippen LogP contribution in [0.15, 0.2) is 0 Å². The third-order valence-corrected chi connectivity index (χ3v) is 0.333. The maximum atomic E-state index is 8.93. The first-order chi connectivity index (χ1) is 6.70.